The average Bonchev–Trinajstić information content (AvgIpc) is 2.85. The second-order valence-electron chi connectivity index (χ2n) is 6.10. The Balaban J connectivity index is 2.56. The fraction of sp³-hybridized carbons (Fsp3) is 0.692. The number of nitrogens with one attached hydrogen (secondary N) is 2. The summed E-state index contributed by atoms with van der Waals surface area (Å²) in [5, 5.41) is 14.8. The van der Waals surface area contributed by atoms with Gasteiger partial charge in [0.25, 0.3) is 10.0 Å². The Hall–Kier alpha value is -1.41. The molecule has 21 heavy (non-hydrogen) atoms. The smallest absolute Gasteiger partial charge is 0.303 e. The fourth-order valence-corrected chi connectivity index (χ4v) is 3.10. The van der Waals surface area contributed by atoms with E-state index in [1.807, 2.05) is 20.8 Å². The van der Waals surface area contributed by atoms with Crippen LogP contribution < -0.4 is 4.72 Å². The molecule has 0 saturated carbocycles. The zero-order valence-electron chi connectivity index (χ0n) is 12.6. The van der Waals surface area contributed by atoms with Crippen molar-refractivity contribution in [3.63, 3.8) is 0 Å². The first-order valence-electron chi connectivity index (χ1n) is 6.84. The van der Waals surface area contributed by atoms with Crippen LogP contribution in [0.1, 0.15) is 40.0 Å². The minimum absolute atomic E-state index is 0.0281. The molecule has 0 amide bonds. The summed E-state index contributed by atoms with van der Waals surface area (Å²) in [6, 6.07) is 1.38. The van der Waals surface area contributed by atoms with Gasteiger partial charge in [-0.15, -0.1) is 0 Å². The lowest BCUT2D eigenvalue weighted by Gasteiger charge is -2.30. The van der Waals surface area contributed by atoms with E-state index < -0.39 is 16.0 Å². The van der Waals surface area contributed by atoms with Crippen molar-refractivity contribution in [3.8, 4) is 0 Å². The first kappa shape index (κ1) is 17.6. The summed E-state index contributed by atoms with van der Waals surface area (Å²) >= 11 is 0. The Morgan fingerprint density at radius 1 is 1.43 bits per heavy atom. The van der Waals surface area contributed by atoms with Gasteiger partial charge in [-0.3, -0.25) is 9.89 Å². The molecule has 7 nitrogen and oxygen atoms in total. The van der Waals surface area contributed by atoms with Gasteiger partial charge in [0.2, 0.25) is 0 Å². The highest BCUT2D eigenvalue weighted by molar-refractivity contribution is 7.89. The van der Waals surface area contributed by atoms with Gasteiger partial charge in [-0.1, -0.05) is 20.8 Å². The van der Waals surface area contributed by atoms with Gasteiger partial charge in [0.1, 0.15) is 0 Å². The third-order valence-corrected chi connectivity index (χ3v) is 4.87. The average molecular weight is 317 g/mol. The summed E-state index contributed by atoms with van der Waals surface area (Å²) in [5.41, 5.74) is -0.0745. The third-order valence-electron chi connectivity index (χ3n) is 3.48. The quantitative estimate of drug-likeness (QED) is 0.674. The number of carbonyl (C=O) groups is 1. The van der Waals surface area contributed by atoms with Crippen LogP contribution in [0.3, 0.4) is 0 Å². The predicted octanol–water partition coefficient (Wildman–Crippen LogP) is 1.61. The number of rotatable bonds is 8. The number of hydrogen-bond donors (Lipinski definition) is 3. The second kappa shape index (κ2) is 7.04. The van der Waals surface area contributed by atoms with Crippen molar-refractivity contribution in [2.45, 2.75) is 45.1 Å². The molecule has 0 aliphatic heterocycles. The summed E-state index contributed by atoms with van der Waals surface area (Å²) in [6.07, 6.45) is 2.59. The maximum absolute atomic E-state index is 11.9. The number of carboxylic acids is 1. The number of H-pyrrole nitrogens is 1. The Labute approximate surface area is 125 Å². The molecular formula is C13H23N3O4S. The largest absolute Gasteiger partial charge is 0.481 e. The van der Waals surface area contributed by atoms with Crippen LogP contribution in [0.15, 0.2) is 17.3 Å². The molecule has 0 fully saturated rings. The summed E-state index contributed by atoms with van der Waals surface area (Å²) < 4.78 is 26.3. The van der Waals surface area contributed by atoms with Gasteiger partial charge >= 0.3 is 5.97 Å². The maximum Gasteiger partial charge on any atom is 0.303 e. The lowest BCUT2D eigenvalue weighted by atomic mass is 9.76. The van der Waals surface area contributed by atoms with Crippen LogP contribution in [0.5, 0.6) is 0 Å². The molecule has 0 spiro atoms. The highest BCUT2D eigenvalue weighted by Crippen LogP contribution is 2.32. The van der Waals surface area contributed by atoms with Gasteiger partial charge in [-0.25, -0.2) is 13.1 Å². The van der Waals surface area contributed by atoms with Crippen molar-refractivity contribution in [3.05, 3.63) is 12.3 Å². The van der Waals surface area contributed by atoms with Crippen LogP contribution >= 0.6 is 0 Å². The van der Waals surface area contributed by atoms with Crippen LogP contribution in [0.4, 0.5) is 0 Å². The molecule has 0 radical (unpaired) electrons. The third kappa shape index (κ3) is 5.84. The van der Waals surface area contributed by atoms with Crippen LogP contribution in [-0.4, -0.2) is 36.2 Å². The molecule has 0 aliphatic rings. The van der Waals surface area contributed by atoms with Crippen LogP contribution in [-0.2, 0) is 14.8 Å². The van der Waals surface area contributed by atoms with E-state index in [1.165, 1.54) is 12.3 Å². The number of hydrogen-bond acceptors (Lipinski definition) is 4. The normalized spacial score (nSPS) is 14.0. The lowest BCUT2D eigenvalue weighted by Crippen LogP contribution is -2.30. The number of aromatic amines is 1. The van der Waals surface area contributed by atoms with E-state index >= 15 is 0 Å². The summed E-state index contributed by atoms with van der Waals surface area (Å²) in [7, 11) is -3.57. The van der Waals surface area contributed by atoms with Crippen LogP contribution in [0.25, 0.3) is 0 Å². The van der Waals surface area contributed by atoms with E-state index in [0.717, 1.165) is 0 Å². The first-order chi connectivity index (χ1) is 9.63. The van der Waals surface area contributed by atoms with Gasteiger partial charge < -0.3 is 5.11 Å². The number of nitrogens with zero attached hydrogens (tertiary/aromatic N) is 1. The SMILES string of the molecule is CC(C)(C)C(CCNS(=O)(=O)c1ccn[nH]1)CCC(=O)O. The van der Waals surface area contributed by atoms with E-state index in [2.05, 4.69) is 14.9 Å². The monoisotopic (exact) mass is 317 g/mol. The molecule has 0 aromatic carbocycles. The number of aromatic nitrogens is 2. The Bertz CT molecular complexity index is 546. The van der Waals surface area contributed by atoms with Gasteiger partial charge in [-0.05, 0) is 30.2 Å². The molecule has 120 valence electrons. The number of carboxylic acid groups (broad SMARTS) is 1. The molecule has 0 saturated heterocycles. The number of aliphatic carboxylic acids is 1. The first-order valence-corrected chi connectivity index (χ1v) is 8.32. The van der Waals surface area contributed by atoms with E-state index in [0.29, 0.717) is 12.8 Å². The van der Waals surface area contributed by atoms with Gasteiger partial charge in [0.15, 0.2) is 5.03 Å². The van der Waals surface area contributed by atoms with Crippen molar-refractivity contribution >= 4 is 16.0 Å². The molecular weight excluding hydrogens is 294 g/mol. The maximum atomic E-state index is 11.9. The van der Waals surface area contributed by atoms with Crippen molar-refractivity contribution in [2.75, 3.05) is 6.54 Å². The second-order valence-corrected chi connectivity index (χ2v) is 7.84. The zero-order chi connectivity index (χ0) is 16.1. The van der Waals surface area contributed by atoms with Crippen molar-refractivity contribution in [1.82, 2.24) is 14.9 Å². The standard InChI is InChI=1S/C13H23N3O4S/c1-13(2,3)10(4-5-12(17)18)6-9-15-21(19,20)11-7-8-14-16-11/h7-8,10,15H,4-6,9H2,1-3H3,(H,14,16)(H,17,18). The van der Waals surface area contributed by atoms with Crippen molar-refractivity contribution < 1.29 is 18.3 Å². The fourth-order valence-electron chi connectivity index (χ4n) is 2.15. The van der Waals surface area contributed by atoms with E-state index in [-0.39, 0.29) is 29.3 Å². The number of sulfonamides is 1. The van der Waals surface area contributed by atoms with Crippen molar-refractivity contribution in [2.24, 2.45) is 11.3 Å². The van der Waals surface area contributed by atoms with Crippen molar-refractivity contribution in [1.29, 1.82) is 0 Å². The van der Waals surface area contributed by atoms with Crippen LogP contribution in [0, 0.1) is 11.3 Å². The van der Waals surface area contributed by atoms with E-state index in [1.54, 1.807) is 0 Å². The molecule has 0 aliphatic carbocycles. The van der Waals surface area contributed by atoms with E-state index in [4.69, 9.17) is 5.11 Å². The summed E-state index contributed by atoms with van der Waals surface area (Å²) in [5.74, 6) is -0.708. The minimum atomic E-state index is -3.57. The topological polar surface area (TPSA) is 112 Å². The molecule has 1 rings (SSSR count). The predicted molar refractivity (Wildman–Crippen MR) is 78.2 cm³/mol. The van der Waals surface area contributed by atoms with Gasteiger partial charge in [0, 0.05) is 13.0 Å². The molecule has 1 unspecified atom stereocenters. The van der Waals surface area contributed by atoms with Gasteiger partial charge in [0.05, 0.1) is 6.20 Å². The molecule has 1 aromatic rings. The molecule has 1 aromatic heterocycles. The van der Waals surface area contributed by atoms with E-state index in [9.17, 15) is 13.2 Å². The highest BCUT2D eigenvalue weighted by atomic mass is 32.2. The summed E-state index contributed by atoms with van der Waals surface area (Å²) in [4.78, 5) is 10.7. The Kier molecular flexibility index (Phi) is 5.91. The molecule has 1 atom stereocenters. The Morgan fingerprint density at radius 2 is 2.10 bits per heavy atom. The molecule has 3 N–H and O–H groups in total. The molecule has 8 heteroatoms. The lowest BCUT2D eigenvalue weighted by molar-refractivity contribution is -0.137. The highest BCUT2D eigenvalue weighted by Gasteiger charge is 2.25. The molecule has 0 bridgehead atoms. The zero-order valence-corrected chi connectivity index (χ0v) is 13.4. The Morgan fingerprint density at radius 3 is 2.57 bits per heavy atom. The minimum Gasteiger partial charge on any atom is -0.481 e. The molecule has 1 heterocycles. The van der Waals surface area contributed by atoms with Gasteiger partial charge in [-0.2, -0.15) is 5.10 Å². The summed E-state index contributed by atoms with van der Waals surface area (Å²) in [6.45, 7) is 6.36. The van der Waals surface area contributed by atoms with Crippen LogP contribution in [0.2, 0.25) is 0 Å².